The molecule has 1 fully saturated rings. The molecular formula is C16H14Cl2N2O3S. The average molecular weight is 385 g/mol. The standard InChI is InChI=1S/C16H14Cl2N2O3S/c17-11-7-12(18)9-15(8-11)24(22,23)19-13-3-1-4-14(10-13)20-6-2-5-16(20)21/h1,3-4,7-10,19H,2,5-6H2. The number of carbonyl (C=O) groups excluding carboxylic acids is 1. The monoisotopic (exact) mass is 384 g/mol. The Morgan fingerprint density at radius 2 is 1.75 bits per heavy atom. The Morgan fingerprint density at radius 1 is 1.04 bits per heavy atom. The lowest BCUT2D eigenvalue weighted by Gasteiger charge is -2.17. The van der Waals surface area contributed by atoms with Crippen molar-refractivity contribution in [2.24, 2.45) is 0 Å². The summed E-state index contributed by atoms with van der Waals surface area (Å²) in [7, 11) is -3.83. The van der Waals surface area contributed by atoms with Crippen LogP contribution >= 0.6 is 23.2 Å². The van der Waals surface area contributed by atoms with Crippen molar-refractivity contribution in [3.63, 3.8) is 0 Å². The summed E-state index contributed by atoms with van der Waals surface area (Å²) in [5.74, 6) is 0.0385. The predicted octanol–water partition coefficient (Wildman–Crippen LogP) is 3.92. The number of rotatable bonds is 4. The van der Waals surface area contributed by atoms with E-state index in [2.05, 4.69) is 4.72 Å². The van der Waals surface area contributed by atoms with Crippen molar-refractivity contribution in [2.75, 3.05) is 16.2 Å². The van der Waals surface area contributed by atoms with E-state index >= 15 is 0 Å². The number of carbonyl (C=O) groups is 1. The highest BCUT2D eigenvalue weighted by molar-refractivity contribution is 7.92. The van der Waals surface area contributed by atoms with Crippen LogP contribution in [0, 0.1) is 0 Å². The van der Waals surface area contributed by atoms with Crippen molar-refractivity contribution in [1.29, 1.82) is 0 Å². The molecule has 8 heteroatoms. The molecule has 0 aromatic heterocycles. The van der Waals surface area contributed by atoms with Gasteiger partial charge in [0.1, 0.15) is 0 Å². The van der Waals surface area contributed by atoms with Crippen LogP contribution in [0.5, 0.6) is 0 Å². The maximum atomic E-state index is 12.5. The minimum atomic E-state index is -3.83. The number of amides is 1. The molecule has 0 spiro atoms. The Bertz CT molecular complexity index is 880. The van der Waals surface area contributed by atoms with Crippen LogP contribution in [0.4, 0.5) is 11.4 Å². The summed E-state index contributed by atoms with van der Waals surface area (Å²) in [5, 5.41) is 0.471. The Morgan fingerprint density at radius 3 is 2.38 bits per heavy atom. The van der Waals surface area contributed by atoms with Crippen LogP contribution in [0.25, 0.3) is 0 Å². The highest BCUT2D eigenvalue weighted by Gasteiger charge is 2.22. The summed E-state index contributed by atoms with van der Waals surface area (Å²) in [6.45, 7) is 0.638. The van der Waals surface area contributed by atoms with Crippen molar-refractivity contribution in [2.45, 2.75) is 17.7 Å². The fourth-order valence-corrected chi connectivity index (χ4v) is 4.33. The first-order valence-corrected chi connectivity index (χ1v) is 9.48. The Kier molecular flexibility index (Phi) is 4.71. The number of benzene rings is 2. The largest absolute Gasteiger partial charge is 0.312 e. The second-order valence-corrected chi connectivity index (χ2v) is 7.97. The minimum Gasteiger partial charge on any atom is -0.312 e. The molecule has 1 saturated heterocycles. The van der Waals surface area contributed by atoms with E-state index in [-0.39, 0.29) is 20.8 Å². The summed E-state index contributed by atoms with van der Waals surface area (Å²) in [6.07, 6.45) is 1.31. The van der Waals surface area contributed by atoms with E-state index in [0.717, 1.165) is 6.42 Å². The molecule has 24 heavy (non-hydrogen) atoms. The lowest BCUT2D eigenvalue weighted by molar-refractivity contribution is -0.117. The van der Waals surface area contributed by atoms with E-state index in [9.17, 15) is 13.2 Å². The van der Waals surface area contributed by atoms with Crippen LogP contribution in [-0.2, 0) is 14.8 Å². The molecule has 1 aliphatic rings. The number of hydrogen-bond donors (Lipinski definition) is 1. The maximum absolute atomic E-state index is 12.5. The van der Waals surface area contributed by atoms with Crippen molar-refractivity contribution in [1.82, 2.24) is 0 Å². The molecule has 126 valence electrons. The number of nitrogens with zero attached hydrogens (tertiary/aromatic N) is 1. The molecule has 0 atom stereocenters. The van der Waals surface area contributed by atoms with Crippen LogP contribution in [-0.4, -0.2) is 20.9 Å². The second kappa shape index (κ2) is 6.63. The first-order valence-electron chi connectivity index (χ1n) is 7.24. The van der Waals surface area contributed by atoms with Gasteiger partial charge in [-0.3, -0.25) is 9.52 Å². The molecule has 1 aliphatic heterocycles. The van der Waals surface area contributed by atoms with Crippen molar-refractivity contribution >= 4 is 50.5 Å². The van der Waals surface area contributed by atoms with Gasteiger partial charge in [0.2, 0.25) is 5.91 Å². The van der Waals surface area contributed by atoms with Gasteiger partial charge in [0.05, 0.1) is 10.6 Å². The third-order valence-corrected chi connectivity index (χ3v) is 5.43. The highest BCUT2D eigenvalue weighted by atomic mass is 35.5. The molecule has 1 amide bonds. The Balaban J connectivity index is 1.89. The Labute approximate surface area is 150 Å². The van der Waals surface area contributed by atoms with E-state index < -0.39 is 10.0 Å². The van der Waals surface area contributed by atoms with Gasteiger partial charge in [-0.2, -0.15) is 0 Å². The molecule has 0 aliphatic carbocycles. The van der Waals surface area contributed by atoms with Crippen molar-refractivity contribution < 1.29 is 13.2 Å². The van der Waals surface area contributed by atoms with Gasteiger partial charge in [-0.25, -0.2) is 8.42 Å². The third-order valence-electron chi connectivity index (χ3n) is 3.63. The number of halogens is 2. The van der Waals surface area contributed by atoms with E-state index in [1.807, 2.05) is 0 Å². The zero-order valence-corrected chi connectivity index (χ0v) is 14.8. The molecule has 0 unspecified atom stereocenters. The second-order valence-electron chi connectivity index (χ2n) is 5.41. The van der Waals surface area contributed by atoms with Crippen LogP contribution in [0.2, 0.25) is 10.0 Å². The summed E-state index contributed by atoms with van der Waals surface area (Å²) < 4.78 is 27.5. The quantitative estimate of drug-likeness (QED) is 0.868. The van der Waals surface area contributed by atoms with Gasteiger partial charge in [0, 0.05) is 28.7 Å². The first-order chi connectivity index (χ1) is 11.3. The van der Waals surface area contributed by atoms with E-state index in [1.54, 1.807) is 29.2 Å². The van der Waals surface area contributed by atoms with Gasteiger partial charge in [0.25, 0.3) is 10.0 Å². The zero-order valence-electron chi connectivity index (χ0n) is 12.5. The molecule has 3 rings (SSSR count). The van der Waals surface area contributed by atoms with Crippen molar-refractivity contribution in [3.8, 4) is 0 Å². The predicted molar refractivity (Wildman–Crippen MR) is 95.3 cm³/mol. The molecule has 0 bridgehead atoms. The third kappa shape index (κ3) is 3.66. The number of sulfonamides is 1. The first kappa shape index (κ1) is 17.1. The summed E-state index contributed by atoms with van der Waals surface area (Å²) in [6, 6.07) is 10.8. The lowest BCUT2D eigenvalue weighted by atomic mass is 10.2. The maximum Gasteiger partial charge on any atom is 0.261 e. The van der Waals surface area contributed by atoms with E-state index in [1.165, 1.54) is 18.2 Å². The normalized spacial score (nSPS) is 14.9. The van der Waals surface area contributed by atoms with E-state index in [4.69, 9.17) is 23.2 Å². The fourth-order valence-electron chi connectivity index (χ4n) is 2.56. The molecule has 1 N–H and O–H groups in total. The van der Waals surface area contributed by atoms with Crippen molar-refractivity contribution in [3.05, 3.63) is 52.5 Å². The molecular weight excluding hydrogens is 371 g/mol. The SMILES string of the molecule is O=C1CCCN1c1cccc(NS(=O)(=O)c2cc(Cl)cc(Cl)c2)c1. The topological polar surface area (TPSA) is 66.5 Å². The van der Waals surface area contributed by atoms with Gasteiger partial charge >= 0.3 is 0 Å². The van der Waals surface area contributed by atoms with Gasteiger partial charge in [-0.15, -0.1) is 0 Å². The summed E-state index contributed by atoms with van der Waals surface area (Å²) in [4.78, 5) is 13.4. The van der Waals surface area contributed by atoms with Gasteiger partial charge in [-0.1, -0.05) is 29.3 Å². The molecule has 2 aromatic carbocycles. The number of hydrogen-bond acceptors (Lipinski definition) is 3. The fraction of sp³-hybridized carbons (Fsp3) is 0.188. The van der Waals surface area contributed by atoms with E-state index in [0.29, 0.717) is 24.3 Å². The van der Waals surface area contributed by atoms with Crippen LogP contribution in [0.15, 0.2) is 47.4 Å². The molecule has 5 nitrogen and oxygen atoms in total. The average Bonchev–Trinajstić information content (AvgIpc) is 2.92. The molecule has 0 radical (unpaired) electrons. The minimum absolute atomic E-state index is 0.0253. The number of anilines is 2. The molecule has 0 saturated carbocycles. The molecule has 2 aromatic rings. The summed E-state index contributed by atoms with van der Waals surface area (Å²) >= 11 is 11.7. The van der Waals surface area contributed by atoms with Crippen LogP contribution in [0.1, 0.15) is 12.8 Å². The van der Waals surface area contributed by atoms with Crippen LogP contribution in [0.3, 0.4) is 0 Å². The van der Waals surface area contributed by atoms with Gasteiger partial charge < -0.3 is 4.90 Å². The summed E-state index contributed by atoms with van der Waals surface area (Å²) in [5.41, 5.74) is 1.03. The Hall–Kier alpha value is -1.76. The van der Waals surface area contributed by atoms with Gasteiger partial charge in [-0.05, 0) is 42.8 Å². The lowest BCUT2D eigenvalue weighted by Crippen LogP contribution is -2.23. The van der Waals surface area contributed by atoms with Crippen LogP contribution < -0.4 is 9.62 Å². The highest BCUT2D eigenvalue weighted by Crippen LogP contribution is 2.27. The smallest absolute Gasteiger partial charge is 0.261 e. The van der Waals surface area contributed by atoms with Gasteiger partial charge in [0.15, 0.2) is 0 Å². The molecule has 1 heterocycles. The number of nitrogens with one attached hydrogen (secondary N) is 1. The zero-order chi connectivity index (χ0) is 17.3.